The van der Waals surface area contributed by atoms with E-state index in [1.165, 1.54) is 0 Å². The highest BCUT2D eigenvalue weighted by molar-refractivity contribution is 6.09. The van der Waals surface area contributed by atoms with Crippen LogP contribution in [0.3, 0.4) is 0 Å². The van der Waals surface area contributed by atoms with Crippen molar-refractivity contribution in [1.29, 1.82) is 0 Å². The van der Waals surface area contributed by atoms with Crippen molar-refractivity contribution in [2.75, 3.05) is 22.6 Å². The lowest BCUT2D eigenvalue weighted by Gasteiger charge is -2.13. The number of aryl methyl sites for hydroxylation is 1. The lowest BCUT2D eigenvalue weighted by molar-refractivity contribution is 0.102. The van der Waals surface area contributed by atoms with Crippen molar-refractivity contribution in [3.63, 3.8) is 0 Å². The minimum atomic E-state index is -0.448. The van der Waals surface area contributed by atoms with Crippen molar-refractivity contribution >= 4 is 29.0 Å². The van der Waals surface area contributed by atoms with Gasteiger partial charge in [0, 0.05) is 5.69 Å². The molecular weight excluding hydrogens is 382 g/mol. The van der Waals surface area contributed by atoms with E-state index in [0.717, 1.165) is 5.56 Å². The summed E-state index contributed by atoms with van der Waals surface area (Å²) in [5, 5.41) is 8.35. The van der Waals surface area contributed by atoms with Crippen molar-refractivity contribution in [3.05, 3.63) is 71.8 Å². The molecule has 3 aromatic carbocycles. The Morgan fingerprint density at radius 1 is 1.03 bits per heavy atom. The number of urea groups is 1. The molecule has 3 amide bonds. The summed E-state index contributed by atoms with van der Waals surface area (Å²) in [6, 6.07) is 17.2. The molecule has 0 bridgehead atoms. The van der Waals surface area contributed by atoms with Crippen LogP contribution in [0.4, 0.5) is 21.9 Å². The fourth-order valence-corrected chi connectivity index (χ4v) is 3.15. The molecule has 1 heterocycles. The smallest absolute Gasteiger partial charge is 0.323 e. The van der Waals surface area contributed by atoms with Gasteiger partial charge in [0.2, 0.25) is 0 Å². The highest BCUT2D eigenvalue weighted by Crippen LogP contribution is 2.37. The Labute approximate surface area is 174 Å². The Kier molecular flexibility index (Phi) is 5.26. The molecule has 1 aliphatic heterocycles. The van der Waals surface area contributed by atoms with E-state index < -0.39 is 6.03 Å². The zero-order valence-corrected chi connectivity index (χ0v) is 16.6. The number of hydrogen-bond donors (Lipinski definition) is 3. The van der Waals surface area contributed by atoms with Crippen molar-refractivity contribution < 1.29 is 19.1 Å². The highest BCUT2D eigenvalue weighted by atomic mass is 16.5. The van der Waals surface area contributed by atoms with E-state index in [2.05, 4.69) is 16.0 Å². The van der Waals surface area contributed by atoms with Crippen LogP contribution in [0.25, 0.3) is 0 Å². The van der Waals surface area contributed by atoms with Crippen LogP contribution in [0, 0.1) is 6.92 Å². The fraction of sp³-hybridized carbons (Fsp3) is 0.130. The Morgan fingerprint density at radius 3 is 2.67 bits per heavy atom. The van der Waals surface area contributed by atoms with Gasteiger partial charge in [-0.2, -0.15) is 0 Å². The van der Waals surface area contributed by atoms with Crippen LogP contribution in [-0.4, -0.2) is 18.5 Å². The predicted octanol–water partition coefficient (Wildman–Crippen LogP) is 5.40. The number of ether oxygens (including phenoxy) is 2. The molecule has 0 saturated carbocycles. The predicted molar refractivity (Wildman–Crippen MR) is 116 cm³/mol. The minimum absolute atomic E-state index is 0.305. The number of carbonyl (C=O) groups is 2. The van der Waals surface area contributed by atoms with E-state index in [1.807, 2.05) is 44.2 Å². The van der Waals surface area contributed by atoms with E-state index in [4.69, 9.17) is 9.47 Å². The van der Waals surface area contributed by atoms with Crippen LogP contribution >= 0.6 is 0 Å². The number of amides is 3. The maximum atomic E-state index is 12.7. The topological polar surface area (TPSA) is 88.7 Å². The van der Waals surface area contributed by atoms with Gasteiger partial charge in [-0.15, -0.1) is 0 Å². The first-order valence-corrected chi connectivity index (χ1v) is 9.57. The van der Waals surface area contributed by atoms with Gasteiger partial charge in [-0.25, -0.2) is 4.79 Å². The average molecular weight is 403 g/mol. The number of anilines is 3. The summed E-state index contributed by atoms with van der Waals surface area (Å²) in [7, 11) is 0. The van der Waals surface area contributed by atoms with E-state index in [0.29, 0.717) is 46.5 Å². The van der Waals surface area contributed by atoms with Gasteiger partial charge in [-0.1, -0.05) is 18.2 Å². The quantitative estimate of drug-likeness (QED) is 0.544. The molecule has 30 heavy (non-hydrogen) atoms. The first kappa shape index (κ1) is 19.3. The van der Waals surface area contributed by atoms with Crippen molar-refractivity contribution in [1.82, 2.24) is 0 Å². The number of para-hydroxylation sites is 2. The van der Waals surface area contributed by atoms with Crippen molar-refractivity contribution in [2.24, 2.45) is 0 Å². The monoisotopic (exact) mass is 403 g/mol. The van der Waals surface area contributed by atoms with E-state index in [9.17, 15) is 9.59 Å². The maximum Gasteiger partial charge on any atom is 0.323 e. The summed E-state index contributed by atoms with van der Waals surface area (Å²) in [6.45, 7) is 4.30. The molecule has 0 unspecified atom stereocenters. The summed E-state index contributed by atoms with van der Waals surface area (Å²) < 4.78 is 11.4. The third kappa shape index (κ3) is 4.05. The summed E-state index contributed by atoms with van der Waals surface area (Å²) in [5.74, 6) is 1.26. The van der Waals surface area contributed by atoms with Crippen molar-refractivity contribution in [3.8, 4) is 17.2 Å². The molecule has 3 N–H and O–H groups in total. The number of benzene rings is 3. The SMILES string of the molecule is CCOc1ccccc1NC(=O)Nc1ccc2c(c1)C(=O)Nc1cc(C)ccc1O2. The first-order chi connectivity index (χ1) is 14.5. The molecule has 0 aromatic heterocycles. The van der Waals surface area contributed by atoms with Crippen LogP contribution < -0.4 is 25.4 Å². The molecule has 0 aliphatic carbocycles. The normalized spacial score (nSPS) is 11.9. The van der Waals surface area contributed by atoms with Gasteiger partial charge in [0.25, 0.3) is 5.91 Å². The Balaban J connectivity index is 1.53. The number of fused-ring (bicyclic) bond motifs is 2. The van der Waals surface area contributed by atoms with Crippen LogP contribution in [0.15, 0.2) is 60.7 Å². The second-order valence-electron chi connectivity index (χ2n) is 6.78. The average Bonchev–Trinajstić information content (AvgIpc) is 2.85. The molecule has 0 atom stereocenters. The van der Waals surface area contributed by atoms with Gasteiger partial charge in [-0.05, 0) is 61.9 Å². The van der Waals surface area contributed by atoms with Crippen LogP contribution in [0.1, 0.15) is 22.8 Å². The van der Waals surface area contributed by atoms with Crippen molar-refractivity contribution in [2.45, 2.75) is 13.8 Å². The largest absolute Gasteiger partial charge is 0.492 e. The molecule has 1 aliphatic rings. The number of carbonyl (C=O) groups excluding carboxylic acids is 2. The minimum Gasteiger partial charge on any atom is -0.492 e. The highest BCUT2D eigenvalue weighted by Gasteiger charge is 2.21. The van der Waals surface area contributed by atoms with Gasteiger partial charge in [0.05, 0.1) is 23.5 Å². The zero-order valence-electron chi connectivity index (χ0n) is 16.6. The standard InChI is InChI=1S/C23H21N3O4/c1-3-29-20-7-5-4-6-17(20)26-23(28)24-15-9-11-19-16(13-15)22(27)25-18-12-14(2)8-10-21(18)30-19/h4-13H,3H2,1-2H3,(H,25,27)(H2,24,26,28). The number of rotatable bonds is 4. The molecular formula is C23H21N3O4. The van der Waals surface area contributed by atoms with Gasteiger partial charge < -0.3 is 25.4 Å². The molecule has 4 rings (SSSR count). The molecule has 3 aromatic rings. The van der Waals surface area contributed by atoms with E-state index in [1.54, 1.807) is 30.3 Å². The summed E-state index contributed by atoms with van der Waals surface area (Å²) in [6.07, 6.45) is 0. The second kappa shape index (κ2) is 8.16. The summed E-state index contributed by atoms with van der Waals surface area (Å²) in [4.78, 5) is 25.2. The Morgan fingerprint density at radius 2 is 1.83 bits per heavy atom. The number of nitrogens with one attached hydrogen (secondary N) is 3. The Hall–Kier alpha value is -4.00. The first-order valence-electron chi connectivity index (χ1n) is 9.57. The molecule has 0 radical (unpaired) electrons. The third-order valence-corrected chi connectivity index (χ3v) is 4.52. The lowest BCUT2D eigenvalue weighted by atomic mass is 10.1. The second-order valence-corrected chi connectivity index (χ2v) is 6.78. The van der Waals surface area contributed by atoms with Gasteiger partial charge in [-0.3, -0.25) is 4.79 Å². The van der Waals surface area contributed by atoms with Crippen LogP contribution in [-0.2, 0) is 0 Å². The summed E-state index contributed by atoms with van der Waals surface area (Å²) in [5.41, 5.74) is 2.96. The van der Waals surface area contributed by atoms with Gasteiger partial charge in [0.1, 0.15) is 11.5 Å². The lowest BCUT2D eigenvalue weighted by Crippen LogP contribution is -2.20. The van der Waals surface area contributed by atoms with Crippen LogP contribution in [0.5, 0.6) is 17.2 Å². The molecule has 0 spiro atoms. The Bertz CT molecular complexity index is 1130. The fourth-order valence-electron chi connectivity index (χ4n) is 3.15. The van der Waals surface area contributed by atoms with E-state index >= 15 is 0 Å². The van der Waals surface area contributed by atoms with E-state index in [-0.39, 0.29) is 5.91 Å². The van der Waals surface area contributed by atoms with Gasteiger partial charge >= 0.3 is 6.03 Å². The van der Waals surface area contributed by atoms with Crippen LogP contribution in [0.2, 0.25) is 0 Å². The van der Waals surface area contributed by atoms with Gasteiger partial charge in [0.15, 0.2) is 5.75 Å². The number of hydrogen-bond acceptors (Lipinski definition) is 4. The summed E-state index contributed by atoms with van der Waals surface area (Å²) >= 11 is 0. The molecule has 0 fully saturated rings. The molecule has 0 saturated heterocycles. The molecule has 152 valence electrons. The third-order valence-electron chi connectivity index (χ3n) is 4.52. The molecule has 7 nitrogen and oxygen atoms in total. The molecule has 7 heteroatoms. The zero-order chi connectivity index (χ0) is 21.1. The maximum absolute atomic E-state index is 12.7.